The topological polar surface area (TPSA) is 12.0 Å². The highest BCUT2D eigenvalue weighted by Crippen LogP contribution is 2.18. The second-order valence-electron chi connectivity index (χ2n) is 2.64. The van der Waals surface area contributed by atoms with Crippen molar-refractivity contribution in [3.8, 4) is 0 Å². The molecular weight excluding hydrogens is 143 g/mol. The van der Waals surface area contributed by atoms with Gasteiger partial charge in [0.2, 0.25) is 6.30 Å². The lowest BCUT2D eigenvalue weighted by molar-refractivity contribution is -0.0715. The van der Waals surface area contributed by atoms with E-state index in [0.717, 1.165) is 0 Å². The van der Waals surface area contributed by atoms with Gasteiger partial charge in [-0.05, 0) is 13.8 Å². The summed E-state index contributed by atoms with van der Waals surface area (Å²) >= 11 is 0. The summed E-state index contributed by atoms with van der Waals surface area (Å²) in [5.74, 6) is -3.29. The Hall–Kier alpha value is -0.250. The van der Waals surface area contributed by atoms with Gasteiger partial charge in [-0.1, -0.05) is 0 Å². The first-order valence-electron chi connectivity index (χ1n) is 3.12. The second-order valence-corrected chi connectivity index (χ2v) is 2.64. The van der Waals surface area contributed by atoms with Crippen LogP contribution in [-0.4, -0.2) is 18.3 Å². The van der Waals surface area contributed by atoms with E-state index in [1.54, 1.807) is 13.8 Å². The third-order valence-electron chi connectivity index (χ3n) is 0.925. The molecule has 0 rings (SSSR count). The van der Waals surface area contributed by atoms with Crippen molar-refractivity contribution in [3.63, 3.8) is 0 Å². The maximum absolute atomic E-state index is 12.3. The van der Waals surface area contributed by atoms with Gasteiger partial charge in [0.25, 0.3) is 5.92 Å². The third kappa shape index (κ3) is 3.71. The summed E-state index contributed by atoms with van der Waals surface area (Å²) in [6.07, 6.45) is -2.24. The summed E-state index contributed by atoms with van der Waals surface area (Å²) in [5, 5.41) is 2.07. The number of nitrogens with one attached hydrogen (secondary N) is 1. The van der Waals surface area contributed by atoms with Crippen LogP contribution in [0.3, 0.4) is 0 Å². The molecule has 0 saturated heterocycles. The van der Waals surface area contributed by atoms with Crippen LogP contribution < -0.4 is 5.32 Å². The summed E-state index contributed by atoms with van der Waals surface area (Å²) in [6, 6.07) is -0.263. The van der Waals surface area contributed by atoms with Crippen molar-refractivity contribution >= 4 is 0 Å². The predicted molar refractivity (Wildman–Crippen MR) is 33.8 cm³/mol. The number of rotatable bonds is 3. The Bertz CT molecular complexity index is 97.7. The normalized spacial score (nSPS) is 15.9. The average molecular weight is 155 g/mol. The van der Waals surface area contributed by atoms with E-state index in [-0.39, 0.29) is 6.04 Å². The van der Waals surface area contributed by atoms with Crippen molar-refractivity contribution in [2.45, 2.75) is 39.0 Å². The molecule has 62 valence electrons. The Morgan fingerprint density at radius 1 is 1.30 bits per heavy atom. The zero-order valence-electron chi connectivity index (χ0n) is 6.29. The van der Waals surface area contributed by atoms with Crippen molar-refractivity contribution in [2.75, 3.05) is 0 Å². The Morgan fingerprint density at radius 2 is 1.70 bits per heavy atom. The lowest BCUT2D eigenvalue weighted by Gasteiger charge is -2.19. The smallest absolute Gasteiger partial charge is 0.280 e. The summed E-state index contributed by atoms with van der Waals surface area (Å²) in [7, 11) is 0. The quantitative estimate of drug-likeness (QED) is 0.614. The number of hydrogen-bond donors (Lipinski definition) is 1. The number of alkyl halides is 3. The highest BCUT2D eigenvalue weighted by molar-refractivity contribution is 4.70. The van der Waals surface area contributed by atoms with E-state index in [2.05, 4.69) is 5.32 Å². The maximum Gasteiger partial charge on any atom is 0.289 e. The van der Waals surface area contributed by atoms with E-state index in [1.807, 2.05) is 0 Å². The van der Waals surface area contributed by atoms with Gasteiger partial charge in [0.15, 0.2) is 0 Å². The predicted octanol–water partition coefficient (Wildman–Crippen LogP) is 1.94. The molecule has 0 aliphatic carbocycles. The fraction of sp³-hybridized carbons (Fsp3) is 1.00. The Labute approximate surface area is 58.6 Å². The molecule has 0 radical (unpaired) electrons. The van der Waals surface area contributed by atoms with Gasteiger partial charge < -0.3 is 0 Å². The summed E-state index contributed by atoms with van der Waals surface area (Å²) in [6.45, 7) is 3.77. The van der Waals surface area contributed by atoms with E-state index in [9.17, 15) is 13.2 Å². The van der Waals surface area contributed by atoms with Gasteiger partial charge in [-0.2, -0.15) is 0 Å². The summed E-state index contributed by atoms with van der Waals surface area (Å²) in [5.41, 5.74) is 0. The molecule has 0 bridgehead atoms. The highest BCUT2D eigenvalue weighted by Gasteiger charge is 2.34. The van der Waals surface area contributed by atoms with Crippen LogP contribution >= 0.6 is 0 Å². The van der Waals surface area contributed by atoms with Crippen LogP contribution in [0.25, 0.3) is 0 Å². The van der Waals surface area contributed by atoms with Gasteiger partial charge in [0.05, 0.1) is 0 Å². The van der Waals surface area contributed by atoms with Crippen LogP contribution in [0.4, 0.5) is 13.2 Å². The average Bonchev–Trinajstić information content (AvgIpc) is 1.60. The Balaban J connectivity index is 3.73. The molecule has 0 aliphatic rings. The lowest BCUT2D eigenvalue weighted by atomic mass is 10.3. The molecule has 0 spiro atoms. The largest absolute Gasteiger partial charge is 0.289 e. The van der Waals surface area contributed by atoms with Gasteiger partial charge in [0.1, 0.15) is 0 Å². The van der Waals surface area contributed by atoms with Gasteiger partial charge >= 0.3 is 0 Å². The minimum atomic E-state index is -3.29. The van der Waals surface area contributed by atoms with Crippen molar-refractivity contribution in [3.05, 3.63) is 0 Å². The molecule has 0 amide bonds. The molecule has 0 fully saturated rings. The van der Waals surface area contributed by atoms with Crippen LogP contribution in [0.5, 0.6) is 0 Å². The zero-order valence-corrected chi connectivity index (χ0v) is 6.29. The molecular formula is C6H12F3N. The molecule has 1 N–H and O–H groups in total. The van der Waals surface area contributed by atoms with E-state index in [1.165, 1.54) is 0 Å². The zero-order chi connectivity index (χ0) is 8.36. The molecule has 10 heavy (non-hydrogen) atoms. The molecule has 1 unspecified atom stereocenters. The van der Waals surface area contributed by atoms with Crippen molar-refractivity contribution in [1.29, 1.82) is 0 Å². The first-order valence-corrected chi connectivity index (χ1v) is 3.12. The molecule has 0 aromatic heterocycles. The van der Waals surface area contributed by atoms with Gasteiger partial charge in [-0.15, -0.1) is 0 Å². The van der Waals surface area contributed by atoms with E-state index < -0.39 is 12.2 Å². The second kappa shape index (κ2) is 3.23. The van der Waals surface area contributed by atoms with Gasteiger partial charge in [0, 0.05) is 13.0 Å². The third-order valence-corrected chi connectivity index (χ3v) is 0.925. The van der Waals surface area contributed by atoms with Gasteiger partial charge in [-0.25, -0.2) is 13.2 Å². The van der Waals surface area contributed by atoms with Crippen LogP contribution in [0.15, 0.2) is 0 Å². The first-order chi connectivity index (χ1) is 4.34. The molecule has 1 atom stereocenters. The van der Waals surface area contributed by atoms with E-state index >= 15 is 0 Å². The SMILES string of the molecule is CC(C)NC(F)C(C)(F)F. The van der Waals surface area contributed by atoms with Crippen molar-refractivity contribution < 1.29 is 13.2 Å². The maximum atomic E-state index is 12.3. The lowest BCUT2D eigenvalue weighted by Crippen LogP contribution is -2.42. The minimum absolute atomic E-state index is 0.263. The minimum Gasteiger partial charge on any atom is -0.280 e. The van der Waals surface area contributed by atoms with Crippen LogP contribution in [0, 0.1) is 0 Å². The van der Waals surface area contributed by atoms with E-state index in [0.29, 0.717) is 6.92 Å². The Kier molecular flexibility index (Phi) is 3.15. The summed E-state index contributed by atoms with van der Waals surface area (Å²) < 4.78 is 36.4. The van der Waals surface area contributed by atoms with Crippen LogP contribution in [0.2, 0.25) is 0 Å². The van der Waals surface area contributed by atoms with Crippen molar-refractivity contribution in [2.24, 2.45) is 0 Å². The Morgan fingerprint density at radius 3 is 1.80 bits per heavy atom. The fourth-order valence-corrected chi connectivity index (χ4v) is 0.439. The molecule has 0 aromatic carbocycles. The molecule has 0 aliphatic heterocycles. The molecule has 0 heterocycles. The van der Waals surface area contributed by atoms with Crippen molar-refractivity contribution in [1.82, 2.24) is 5.32 Å². The monoisotopic (exact) mass is 155 g/mol. The standard InChI is InChI=1S/C6H12F3N/c1-4(2)10-5(7)6(3,8)9/h4-5,10H,1-3H3. The van der Waals surface area contributed by atoms with E-state index in [4.69, 9.17) is 0 Å². The van der Waals surface area contributed by atoms with Crippen LogP contribution in [-0.2, 0) is 0 Å². The molecule has 4 heteroatoms. The molecule has 0 aromatic rings. The highest BCUT2D eigenvalue weighted by atomic mass is 19.3. The molecule has 0 saturated carbocycles. The fourth-order valence-electron chi connectivity index (χ4n) is 0.439. The van der Waals surface area contributed by atoms with Gasteiger partial charge in [-0.3, -0.25) is 5.32 Å². The first kappa shape index (κ1) is 9.75. The summed E-state index contributed by atoms with van der Waals surface area (Å²) in [4.78, 5) is 0. The number of halogens is 3. The number of hydrogen-bond acceptors (Lipinski definition) is 1. The van der Waals surface area contributed by atoms with Crippen LogP contribution in [0.1, 0.15) is 20.8 Å². The molecule has 1 nitrogen and oxygen atoms in total.